The fourth-order valence-corrected chi connectivity index (χ4v) is 4.15. The summed E-state index contributed by atoms with van der Waals surface area (Å²) in [5.41, 5.74) is 1.40. The number of rotatable bonds is 2. The Labute approximate surface area is 136 Å². The first-order chi connectivity index (χ1) is 11.1. The van der Waals surface area contributed by atoms with Crippen LogP contribution in [-0.4, -0.2) is 24.0 Å². The Morgan fingerprint density at radius 2 is 2.00 bits per heavy atom. The summed E-state index contributed by atoms with van der Waals surface area (Å²) >= 11 is 0. The van der Waals surface area contributed by atoms with Crippen LogP contribution in [0, 0.1) is 0 Å². The van der Waals surface area contributed by atoms with Gasteiger partial charge in [0.15, 0.2) is 0 Å². The van der Waals surface area contributed by atoms with E-state index in [9.17, 15) is 4.79 Å². The molecule has 1 fully saturated rings. The highest BCUT2D eigenvalue weighted by molar-refractivity contribution is 5.85. The standard InChI is InChI=1S/C20H21NO2/c1-14(22)23-19-8-6-15-12-17(7-5-16(15)13-19)20-10-3-4-18(9-11-20)21(20)2/h3,5-8,10,12-13,18H,4,9,11H2,1-2H3. The number of ether oxygens (including phenoxy) is 1. The van der Waals surface area contributed by atoms with Crippen molar-refractivity contribution in [1.82, 2.24) is 4.90 Å². The van der Waals surface area contributed by atoms with Crippen molar-refractivity contribution >= 4 is 16.7 Å². The zero-order chi connectivity index (χ0) is 16.0. The third-order valence-electron chi connectivity index (χ3n) is 5.41. The Bertz CT molecular complexity index is 810. The number of hydrogen-bond acceptors (Lipinski definition) is 3. The van der Waals surface area contributed by atoms with Gasteiger partial charge in [-0.25, -0.2) is 0 Å². The van der Waals surface area contributed by atoms with Gasteiger partial charge in [-0.1, -0.05) is 30.4 Å². The second-order valence-electron chi connectivity index (χ2n) is 6.68. The topological polar surface area (TPSA) is 29.5 Å². The second-order valence-corrected chi connectivity index (χ2v) is 6.68. The quantitative estimate of drug-likeness (QED) is 0.477. The molecule has 4 rings (SSSR count). The monoisotopic (exact) mass is 307 g/mol. The van der Waals surface area contributed by atoms with Crippen LogP contribution in [0.5, 0.6) is 5.75 Å². The van der Waals surface area contributed by atoms with E-state index in [-0.39, 0.29) is 11.5 Å². The molecule has 2 atom stereocenters. The van der Waals surface area contributed by atoms with E-state index < -0.39 is 0 Å². The molecule has 3 nitrogen and oxygen atoms in total. The summed E-state index contributed by atoms with van der Waals surface area (Å²) < 4.78 is 5.18. The fourth-order valence-electron chi connectivity index (χ4n) is 4.15. The number of carbonyl (C=O) groups is 1. The van der Waals surface area contributed by atoms with Gasteiger partial charge < -0.3 is 4.74 Å². The molecule has 0 radical (unpaired) electrons. The van der Waals surface area contributed by atoms with Crippen LogP contribution in [0.15, 0.2) is 48.6 Å². The van der Waals surface area contributed by atoms with Crippen molar-refractivity contribution in [3.8, 4) is 5.75 Å². The lowest BCUT2D eigenvalue weighted by atomic mass is 9.85. The molecule has 0 aliphatic carbocycles. The van der Waals surface area contributed by atoms with Crippen molar-refractivity contribution in [2.24, 2.45) is 0 Å². The molecule has 0 N–H and O–H groups in total. The molecule has 2 aliphatic rings. The molecule has 118 valence electrons. The maximum atomic E-state index is 11.1. The first-order valence-electron chi connectivity index (χ1n) is 8.22. The Balaban J connectivity index is 1.76. The molecule has 0 spiro atoms. The fraction of sp³-hybridized carbons (Fsp3) is 0.350. The highest BCUT2D eigenvalue weighted by Gasteiger charge is 2.45. The average molecular weight is 307 g/mol. The summed E-state index contributed by atoms with van der Waals surface area (Å²) in [5, 5.41) is 2.28. The third-order valence-corrected chi connectivity index (χ3v) is 5.41. The summed E-state index contributed by atoms with van der Waals surface area (Å²) in [7, 11) is 2.25. The molecule has 0 saturated carbocycles. The average Bonchev–Trinajstić information content (AvgIpc) is 2.73. The summed E-state index contributed by atoms with van der Waals surface area (Å²) in [6.07, 6.45) is 8.32. The summed E-state index contributed by atoms with van der Waals surface area (Å²) in [5.74, 6) is 0.317. The minimum absolute atomic E-state index is 0.0473. The van der Waals surface area contributed by atoms with E-state index in [1.54, 1.807) is 0 Å². The second kappa shape index (κ2) is 5.20. The SMILES string of the molecule is CC(=O)Oc1ccc2cc(C34C=CCC(CC3)N4C)ccc2c1. The smallest absolute Gasteiger partial charge is 0.308 e. The van der Waals surface area contributed by atoms with Gasteiger partial charge in [0.1, 0.15) is 5.75 Å². The number of esters is 1. The molecule has 2 unspecified atom stereocenters. The molecule has 1 saturated heterocycles. The van der Waals surface area contributed by atoms with Crippen LogP contribution in [0.1, 0.15) is 31.7 Å². The van der Waals surface area contributed by atoms with Crippen LogP contribution in [0.2, 0.25) is 0 Å². The van der Waals surface area contributed by atoms with E-state index in [4.69, 9.17) is 4.74 Å². The van der Waals surface area contributed by atoms with Gasteiger partial charge in [-0.05, 0) is 60.8 Å². The van der Waals surface area contributed by atoms with E-state index in [0.29, 0.717) is 11.8 Å². The minimum atomic E-state index is -0.286. The molecular formula is C20H21NO2. The van der Waals surface area contributed by atoms with Gasteiger partial charge in [0, 0.05) is 13.0 Å². The highest BCUT2D eigenvalue weighted by Crippen LogP contribution is 2.46. The lowest BCUT2D eigenvalue weighted by Crippen LogP contribution is -2.42. The number of hydrogen-bond donors (Lipinski definition) is 0. The Morgan fingerprint density at radius 1 is 1.22 bits per heavy atom. The number of fused-ring (bicyclic) bond motifs is 3. The normalized spacial score (nSPS) is 26.6. The molecule has 2 aromatic rings. The van der Waals surface area contributed by atoms with E-state index in [0.717, 1.165) is 11.8 Å². The first-order valence-corrected chi connectivity index (χ1v) is 8.22. The summed E-state index contributed by atoms with van der Waals surface area (Å²) in [6, 6.07) is 13.1. The van der Waals surface area contributed by atoms with E-state index in [1.807, 2.05) is 18.2 Å². The van der Waals surface area contributed by atoms with Crippen LogP contribution in [0.25, 0.3) is 10.8 Å². The highest BCUT2D eigenvalue weighted by atomic mass is 16.5. The van der Waals surface area contributed by atoms with Crippen LogP contribution < -0.4 is 4.74 Å². The number of nitrogens with zero attached hydrogens (tertiary/aromatic N) is 1. The first kappa shape index (κ1) is 14.5. The predicted molar refractivity (Wildman–Crippen MR) is 91.5 cm³/mol. The maximum absolute atomic E-state index is 11.1. The van der Waals surface area contributed by atoms with Crippen LogP contribution in [-0.2, 0) is 10.3 Å². The maximum Gasteiger partial charge on any atom is 0.308 e. The molecule has 2 heterocycles. The molecule has 0 aromatic heterocycles. The van der Waals surface area contributed by atoms with Gasteiger partial charge in [0.25, 0.3) is 0 Å². The van der Waals surface area contributed by atoms with Crippen molar-refractivity contribution in [3.05, 3.63) is 54.1 Å². The van der Waals surface area contributed by atoms with E-state index in [1.165, 1.54) is 30.7 Å². The van der Waals surface area contributed by atoms with Gasteiger partial charge in [-0.15, -0.1) is 0 Å². The molecule has 3 heteroatoms. The van der Waals surface area contributed by atoms with Crippen molar-refractivity contribution < 1.29 is 9.53 Å². The molecular weight excluding hydrogens is 286 g/mol. The Morgan fingerprint density at radius 3 is 2.83 bits per heavy atom. The zero-order valence-corrected chi connectivity index (χ0v) is 13.6. The van der Waals surface area contributed by atoms with Crippen LogP contribution in [0.4, 0.5) is 0 Å². The molecule has 2 aromatic carbocycles. The van der Waals surface area contributed by atoms with Gasteiger partial charge in [-0.3, -0.25) is 9.69 Å². The van der Waals surface area contributed by atoms with Gasteiger partial charge in [0.2, 0.25) is 0 Å². The van der Waals surface area contributed by atoms with Crippen molar-refractivity contribution in [3.63, 3.8) is 0 Å². The van der Waals surface area contributed by atoms with Crippen molar-refractivity contribution in [2.45, 2.75) is 37.8 Å². The van der Waals surface area contributed by atoms with Crippen LogP contribution >= 0.6 is 0 Å². The van der Waals surface area contributed by atoms with Gasteiger partial charge >= 0.3 is 5.97 Å². The molecule has 2 aliphatic heterocycles. The lowest BCUT2D eigenvalue weighted by Gasteiger charge is -2.39. The van der Waals surface area contributed by atoms with Crippen molar-refractivity contribution in [1.29, 1.82) is 0 Å². The summed E-state index contributed by atoms with van der Waals surface area (Å²) in [6.45, 7) is 1.42. The Kier molecular flexibility index (Phi) is 3.27. The third kappa shape index (κ3) is 2.27. The van der Waals surface area contributed by atoms with Crippen LogP contribution in [0.3, 0.4) is 0 Å². The predicted octanol–water partition coefficient (Wildman–Crippen LogP) is 4.01. The number of benzene rings is 2. The van der Waals surface area contributed by atoms with E-state index in [2.05, 4.69) is 42.3 Å². The summed E-state index contributed by atoms with van der Waals surface area (Å²) in [4.78, 5) is 13.6. The largest absolute Gasteiger partial charge is 0.427 e. The minimum Gasteiger partial charge on any atom is -0.427 e. The lowest BCUT2D eigenvalue weighted by molar-refractivity contribution is -0.131. The molecule has 23 heavy (non-hydrogen) atoms. The zero-order valence-electron chi connectivity index (χ0n) is 13.6. The van der Waals surface area contributed by atoms with Gasteiger partial charge in [-0.2, -0.15) is 0 Å². The van der Waals surface area contributed by atoms with Crippen molar-refractivity contribution in [2.75, 3.05) is 7.05 Å². The molecule has 0 amide bonds. The number of carbonyl (C=O) groups excluding carboxylic acids is 1. The molecule has 2 bridgehead atoms. The van der Waals surface area contributed by atoms with E-state index >= 15 is 0 Å². The number of likely N-dealkylation sites (N-methyl/N-ethyl adjacent to an activating group) is 1. The Hall–Kier alpha value is -2.13. The van der Waals surface area contributed by atoms with Gasteiger partial charge in [0.05, 0.1) is 5.54 Å².